The molecular weight excluding hydrogens is 552 g/mol. The molecule has 0 unspecified atom stereocenters. The van der Waals surface area contributed by atoms with E-state index in [9.17, 15) is 27.2 Å². The first-order chi connectivity index (χ1) is 20.1. The van der Waals surface area contributed by atoms with Crippen molar-refractivity contribution < 1.29 is 31.9 Å². The fourth-order valence-corrected chi connectivity index (χ4v) is 4.55. The Bertz CT molecular complexity index is 1550. The van der Waals surface area contributed by atoms with Crippen molar-refractivity contribution in [1.82, 2.24) is 10.2 Å². The van der Waals surface area contributed by atoms with Crippen molar-refractivity contribution in [2.24, 2.45) is 5.92 Å². The lowest BCUT2D eigenvalue weighted by Gasteiger charge is -2.14. The molecule has 7 nitrogen and oxygen atoms in total. The number of urea groups is 1. The van der Waals surface area contributed by atoms with Crippen LogP contribution in [0.2, 0.25) is 0 Å². The number of nitrogens with zero attached hydrogens (tertiary/aromatic N) is 1. The van der Waals surface area contributed by atoms with Gasteiger partial charge < -0.3 is 15.4 Å². The molecule has 2 amide bonds. The molecule has 0 spiro atoms. The zero-order valence-corrected chi connectivity index (χ0v) is 22.4. The van der Waals surface area contributed by atoms with Crippen molar-refractivity contribution in [2.45, 2.75) is 44.7 Å². The Morgan fingerprint density at radius 1 is 1.05 bits per heavy atom. The summed E-state index contributed by atoms with van der Waals surface area (Å²) in [6.07, 6.45) is 10.2. The topological polar surface area (TPSA) is 96.1 Å². The average molecular weight is 581 g/mol. The van der Waals surface area contributed by atoms with Gasteiger partial charge in [-0.3, -0.25) is 9.89 Å². The lowest BCUT2D eigenvalue weighted by molar-refractivity contribution is -0.137. The number of benzene rings is 2. The highest BCUT2D eigenvalue weighted by molar-refractivity contribution is 6.00. The largest absolute Gasteiger partial charge is 0.454 e. The summed E-state index contributed by atoms with van der Waals surface area (Å²) in [6.45, 7) is 0. The molecule has 218 valence electrons. The van der Waals surface area contributed by atoms with E-state index in [4.69, 9.17) is 4.74 Å². The molecule has 2 aromatic carbocycles. The number of alkyl halides is 3. The highest BCUT2D eigenvalue weighted by Gasteiger charge is 2.31. The van der Waals surface area contributed by atoms with Crippen LogP contribution in [0.25, 0.3) is 11.1 Å². The van der Waals surface area contributed by atoms with Crippen LogP contribution in [0.4, 0.5) is 33.7 Å². The van der Waals surface area contributed by atoms with Crippen LogP contribution in [0.1, 0.15) is 44.1 Å². The van der Waals surface area contributed by atoms with Gasteiger partial charge in [0.15, 0.2) is 11.6 Å². The Balaban J connectivity index is 1.21. The monoisotopic (exact) mass is 580 g/mol. The molecule has 1 fully saturated rings. The summed E-state index contributed by atoms with van der Waals surface area (Å²) in [7, 11) is 0. The van der Waals surface area contributed by atoms with Gasteiger partial charge in [0.25, 0.3) is 0 Å². The second-order valence-corrected chi connectivity index (χ2v) is 10.2. The molecule has 0 radical (unpaired) electrons. The molecule has 1 saturated carbocycles. The molecule has 11 heteroatoms. The fourth-order valence-electron chi connectivity index (χ4n) is 4.55. The highest BCUT2D eigenvalue weighted by atomic mass is 19.4. The van der Waals surface area contributed by atoms with Gasteiger partial charge in [0.2, 0.25) is 0 Å². The van der Waals surface area contributed by atoms with Crippen LogP contribution in [0.15, 0.2) is 84.4 Å². The number of hydrogen-bond donors (Lipinski definition) is 3. The van der Waals surface area contributed by atoms with Gasteiger partial charge in [-0.1, -0.05) is 17.7 Å². The van der Waals surface area contributed by atoms with E-state index in [1.54, 1.807) is 6.08 Å². The molecule has 1 heterocycles. The molecule has 3 aromatic rings. The van der Waals surface area contributed by atoms with E-state index in [1.807, 2.05) is 18.2 Å². The molecule has 3 N–H and O–H groups in total. The molecule has 42 heavy (non-hydrogen) atoms. The average Bonchev–Trinajstić information content (AvgIpc) is 3.69. The maximum absolute atomic E-state index is 14.9. The lowest BCUT2D eigenvalue weighted by atomic mass is 10.0. The minimum Gasteiger partial charge on any atom is -0.454 e. The molecular formula is C31H28F4N4O3. The number of amides is 2. The summed E-state index contributed by atoms with van der Waals surface area (Å²) in [5.41, 5.74) is 0.702. The Morgan fingerprint density at radius 2 is 1.86 bits per heavy atom. The van der Waals surface area contributed by atoms with Gasteiger partial charge in [0, 0.05) is 41.5 Å². The highest BCUT2D eigenvalue weighted by Crippen LogP contribution is 2.35. The van der Waals surface area contributed by atoms with Crippen molar-refractivity contribution in [2.75, 3.05) is 10.6 Å². The first-order valence-electron chi connectivity index (χ1n) is 13.5. The maximum Gasteiger partial charge on any atom is 0.416 e. The SMILES string of the molecule is O=C(Nc1cc(-c2cn[nH]c2)cc(C(F)(F)F)c1)Nc1ccc(OC2=CC=CCC(CCCC(=O)C3CC3)=C2)c(F)c1. The van der Waals surface area contributed by atoms with Crippen molar-refractivity contribution >= 4 is 23.2 Å². The molecule has 1 aromatic heterocycles. The maximum atomic E-state index is 14.9. The second kappa shape index (κ2) is 12.5. The first kappa shape index (κ1) is 28.8. The molecule has 2 aliphatic rings. The number of halogens is 4. The standard InChI is InChI=1S/C31H28F4N4O3/c32-27-16-24(38-30(41)39-25-14-21(22-17-36-37-18-22)13-23(15-25)31(33,34)35)10-11-29(27)42-26-6-2-1-4-19(12-26)5-3-7-28(40)20-8-9-20/h1-2,6,10-18,20H,3-5,7-9H2,(H,36,37)(H2,38,39,41). The van der Waals surface area contributed by atoms with Gasteiger partial charge in [0.1, 0.15) is 11.5 Å². The number of aromatic amines is 1. The van der Waals surface area contributed by atoms with E-state index in [2.05, 4.69) is 20.8 Å². The molecule has 0 bridgehead atoms. The number of ketones is 1. The molecule has 5 rings (SSSR count). The van der Waals surface area contributed by atoms with Crippen LogP contribution in [0, 0.1) is 11.7 Å². The van der Waals surface area contributed by atoms with Crippen LogP contribution < -0.4 is 15.4 Å². The number of aromatic nitrogens is 2. The van der Waals surface area contributed by atoms with Crippen molar-refractivity contribution in [3.63, 3.8) is 0 Å². The van der Waals surface area contributed by atoms with Crippen LogP contribution in [-0.4, -0.2) is 22.0 Å². The van der Waals surface area contributed by atoms with Crippen molar-refractivity contribution in [3.8, 4) is 16.9 Å². The van der Waals surface area contributed by atoms with E-state index in [1.165, 1.54) is 30.6 Å². The number of carbonyl (C=O) groups excluding carboxylic acids is 2. The third-order valence-corrected chi connectivity index (χ3v) is 6.84. The van der Waals surface area contributed by atoms with Gasteiger partial charge in [-0.05, 0) is 80.2 Å². The van der Waals surface area contributed by atoms with E-state index in [0.29, 0.717) is 29.9 Å². The predicted molar refractivity (Wildman–Crippen MR) is 150 cm³/mol. The smallest absolute Gasteiger partial charge is 0.416 e. The van der Waals surface area contributed by atoms with Crippen molar-refractivity contribution in [1.29, 1.82) is 0 Å². The van der Waals surface area contributed by atoms with Gasteiger partial charge in [-0.25, -0.2) is 9.18 Å². The predicted octanol–water partition coefficient (Wildman–Crippen LogP) is 8.18. The number of H-pyrrole nitrogens is 1. The summed E-state index contributed by atoms with van der Waals surface area (Å²) in [6, 6.07) is 6.10. The van der Waals surface area contributed by atoms with Crippen LogP contribution in [0.5, 0.6) is 5.75 Å². The third-order valence-electron chi connectivity index (χ3n) is 6.84. The van der Waals surface area contributed by atoms with Gasteiger partial charge in [0.05, 0.1) is 11.8 Å². The van der Waals surface area contributed by atoms with E-state index < -0.39 is 23.6 Å². The number of ether oxygens (including phenoxy) is 1. The number of hydrogen-bond acceptors (Lipinski definition) is 4. The van der Waals surface area contributed by atoms with Gasteiger partial charge in [-0.15, -0.1) is 0 Å². The number of allylic oxidation sites excluding steroid dienone is 5. The quantitative estimate of drug-likeness (QED) is 0.211. The number of carbonyl (C=O) groups is 2. The Labute approximate surface area is 239 Å². The van der Waals surface area contributed by atoms with Crippen LogP contribution >= 0.6 is 0 Å². The Morgan fingerprint density at radius 3 is 2.57 bits per heavy atom. The van der Waals surface area contributed by atoms with Gasteiger partial charge in [-0.2, -0.15) is 18.3 Å². The first-order valence-corrected chi connectivity index (χ1v) is 13.5. The van der Waals surface area contributed by atoms with Crippen LogP contribution in [0.3, 0.4) is 0 Å². The molecule has 0 atom stereocenters. The van der Waals surface area contributed by atoms with E-state index >= 15 is 0 Å². The Hall–Kier alpha value is -4.67. The zero-order valence-electron chi connectivity index (χ0n) is 22.4. The summed E-state index contributed by atoms with van der Waals surface area (Å²) in [5, 5.41) is 11.1. The number of Topliss-reactive ketones (excluding diaryl/α,β-unsaturated/α-hetero) is 1. The van der Waals surface area contributed by atoms with Gasteiger partial charge >= 0.3 is 12.2 Å². The molecule has 0 aliphatic heterocycles. The van der Waals surface area contributed by atoms with Crippen LogP contribution in [-0.2, 0) is 11.0 Å². The third kappa shape index (κ3) is 7.74. The van der Waals surface area contributed by atoms with E-state index in [-0.39, 0.29) is 28.6 Å². The minimum atomic E-state index is -4.64. The number of rotatable bonds is 10. The summed E-state index contributed by atoms with van der Waals surface area (Å²) in [5.74, 6) is 0.199. The summed E-state index contributed by atoms with van der Waals surface area (Å²) >= 11 is 0. The molecule has 0 saturated heterocycles. The Kier molecular flexibility index (Phi) is 8.56. The molecule has 2 aliphatic carbocycles. The number of anilines is 2. The minimum absolute atomic E-state index is 0.0651. The zero-order chi connectivity index (χ0) is 29.7. The normalized spacial score (nSPS) is 15.0. The van der Waals surface area contributed by atoms with Crippen molar-refractivity contribution in [3.05, 3.63) is 95.8 Å². The second-order valence-electron chi connectivity index (χ2n) is 10.2. The summed E-state index contributed by atoms with van der Waals surface area (Å²) in [4.78, 5) is 24.5. The fraction of sp³-hybridized carbons (Fsp3) is 0.258. The number of nitrogens with one attached hydrogen (secondary N) is 3. The van der Waals surface area contributed by atoms with E-state index in [0.717, 1.165) is 49.5 Å². The lowest BCUT2D eigenvalue weighted by Crippen LogP contribution is -2.20. The summed E-state index contributed by atoms with van der Waals surface area (Å²) < 4.78 is 61.0.